The lowest BCUT2D eigenvalue weighted by Crippen LogP contribution is -2.02. The first-order valence-electron chi connectivity index (χ1n) is 5.94. The summed E-state index contributed by atoms with van der Waals surface area (Å²) in [6.07, 6.45) is -0.683. The van der Waals surface area contributed by atoms with Gasteiger partial charge in [-0.15, -0.1) is 11.3 Å². The van der Waals surface area contributed by atoms with Crippen LogP contribution in [0.25, 0.3) is 10.9 Å². The Morgan fingerprint density at radius 2 is 2.05 bits per heavy atom. The summed E-state index contributed by atoms with van der Waals surface area (Å²) in [4.78, 5) is 5.46. The van der Waals surface area contributed by atoms with Crippen LogP contribution < -0.4 is 0 Å². The van der Waals surface area contributed by atoms with Gasteiger partial charge >= 0.3 is 0 Å². The van der Waals surface area contributed by atoms with Gasteiger partial charge in [-0.3, -0.25) is 0 Å². The number of hydrogen-bond acceptors (Lipinski definition) is 3. The molecule has 19 heavy (non-hydrogen) atoms. The van der Waals surface area contributed by atoms with Crippen molar-refractivity contribution < 1.29 is 5.11 Å². The molecule has 1 atom stereocenters. The molecular formula is C15H12BrNOS. The molecule has 1 unspecified atom stereocenters. The summed E-state index contributed by atoms with van der Waals surface area (Å²) in [7, 11) is 0. The first-order chi connectivity index (χ1) is 9.16. The zero-order valence-electron chi connectivity index (χ0n) is 10.3. The number of nitrogens with zero attached hydrogens (tertiary/aromatic N) is 1. The van der Waals surface area contributed by atoms with E-state index in [0.29, 0.717) is 5.69 Å². The minimum Gasteiger partial charge on any atom is -0.381 e. The van der Waals surface area contributed by atoms with Crippen molar-refractivity contribution in [3.63, 3.8) is 0 Å². The van der Waals surface area contributed by atoms with Crippen LogP contribution in [0.2, 0.25) is 0 Å². The Labute approximate surface area is 123 Å². The zero-order chi connectivity index (χ0) is 13.4. The number of benzene rings is 1. The molecule has 0 radical (unpaired) electrons. The number of pyridine rings is 1. The molecule has 0 aliphatic rings. The molecule has 4 heteroatoms. The summed E-state index contributed by atoms with van der Waals surface area (Å²) in [6, 6.07) is 11.9. The second-order valence-corrected chi connectivity index (χ2v) is 6.22. The monoisotopic (exact) mass is 333 g/mol. The maximum absolute atomic E-state index is 10.5. The van der Waals surface area contributed by atoms with Crippen molar-refractivity contribution in [3.05, 3.63) is 62.4 Å². The van der Waals surface area contributed by atoms with Crippen LogP contribution in [0.3, 0.4) is 0 Å². The van der Waals surface area contributed by atoms with Crippen LogP contribution in [0.4, 0.5) is 0 Å². The Hall–Kier alpha value is -1.23. The van der Waals surface area contributed by atoms with Crippen molar-refractivity contribution >= 4 is 38.2 Å². The summed E-state index contributed by atoms with van der Waals surface area (Å²) in [5, 5.41) is 13.5. The number of aromatic nitrogens is 1. The number of fused-ring (bicyclic) bond motifs is 1. The lowest BCUT2D eigenvalue weighted by molar-refractivity contribution is 0.219. The molecule has 1 aromatic carbocycles. The van der Waals surface area contributed by atoms with E-state index in [-0.39, 0.29) is 0 Å². The van der Waals surface area contributed by atoms with Crippen LogP contribution in [0, 0.1) is 6.92 Å². The van der Waals surface area contributed by atoms with E-state index < -0.39 is 6.10 Å². The SMILES string of the molecule is Cc1cc(C(O)c2sccc2Br)nc2ccccc12. The van der Waals surface area contributed by atoms with Crippen molar-refractivity contribution in [3.8, 4) is 0 Å². The van der Waals surface area contributed by atoms with Crippen LogP contribution in [-0.2, 0) is 0 Å². The molecule has 2 heterocycles. The van der Waals surface area contributed by atoms with Gasteiger partial charge in [0.2, 0.25) is 0 Å². The third-order valence-corrected chi connectivity index (χ3v) is 5.04. The fourth-order valence-corrected chi connectivity index (χ4v) is 3.74. The van der Waals surface area contributed by atoms with E-state index in [1.807, 2.05) is 42.6 Å². The molecule has 0 aliphatic heterocycles. The topological polar surface area (TPSA) is 33.1 Å². The lowest BCUT2D eigenvalue weighted by atomic mass is 10.1. The van der Waals surface area contributed by atoms with Crippen molar-refractivity contribution in [2.24, 2.45) is 0 Å². The Morgan fingerprint density at radius 1 is 1.26 bits per heavy atom. The molecule has 96 valence electrons. The summed E-state index contributed by atoms with van der Waals surface area (Å²) >= 11 is 4.98. The fourth-order valence-electron chi connectivity index (χ4n) is 2.15. The molecular weight excluding hydrogens is 322 g/mol. The average molecular weight is 334 g/mol. The zero-order valence-corrected chi connectivity index (χ0v) is 12.7. The van der Waals surface area contributed by atoms with Gasteiger partial charge < -0.3 is 5.11 Å². The molecule has 0 aliphatic carbocycles. The van der Waals surface area contributed by atoms with E-state index in [1.54, 1.807) is 0 Å². The van der Waals surface area contributed by atoms with Crippen LogP contribution in [0.5, 0.6) is 0 Å². The van der Waals surface area contributed by atoms with Gasteiger partial charge in [0, 0.05) is 9.86 Å². The molecule has 2 nitrogen and oxygen atoms in total. The van der Waals surface area contributed by atoms with Crippen molar-refractivity contribution in [2.45, 2.75) is 13.0 Å². The second-order valence-electron chi connectivity index (χ2n) is 4.42. The largest absolute Gasteiger partial charge is 0.381 e. The van der Waals surface area contributed by atoms with E-state index in [0.717, 1.165) is 25.8 Å². The number of thiophene rings is 1. The number of aryl methyl sites for hydroxylation is 1. The molecule has 0 saturated carbocycles. The van der Waals surface area contributed by atoms with Gasteiger partial charge in [0.05, 0.1) is 16.1 Å². The molecule has 0 bridgehead atoms. The Balaban J connectivity index is 2.13. The third kappa shape index (κ3) is 2.31. The highest BCUT2D eigenvalue weighted by Crippen LogP contribution is 2.33. The highest BCUT2D eigenvalue weighted by atomic mass is 79.9. The normalized spacial score (nSPS) is 12.8. The van der Waals surface area contributed by atoms with Crippen molar-refractivity contribution in [1.29, 1.82) is 0 Å². The number of hydrogen-bond donors (Lipinski definition) is 1. The first-order valence-corrected chi connectivity index (χ1v) is 7.61. The summed E-state index contributed by atoms with van der Waals surface area (Å²) in [5.74, 6) is 0. The van der Waals surface area contributed by atoms with E-state index in [9.17, 15) is 5.11 Å². The van der Waals surface area contributed by atoms with Crippen molar-refractivity contribution in [1.82, 2.24) is 4.98 Å². The minimum atomic E-state index is -0.683. The predicted molar refractivity (Wildman–Crippen MR) is 82.6 cm³/mol. The Bertz CT molecular complexity index is 738. The molecule has 0 saturated heterocycles. The summed E-state index contributed by atoms with van der Waals surface area (Å²) < 4.78 is 0.928. The Kier molecular flexibility index (Phi) is 3.39. The molecule has 0 amide bonds. The summed E-state index contributed by atoms with van der Waals surface area (Å²) in [6.45, 7) is 2.05. The number of halogens is 1. The molecule has 3 aromatic rings. The van der Waals surface area contributed by atoms with Gasteiger partial charge in [-0.25, -0.2) is 4.98 Å². The quantitative estimate of drug-likeness (QED) is 0.751. The molecule has 0 fully saturated rings. The average Bonchev–Trinajstić information content (AvgIpc) is 2.84. The highest BCUT2D eigenvalue weighted by Gasteiger charge is 2.17. The van der Waals surface area contributed by atoms with Crippen LogP contribution in [0.1, 0.15) is 22.2 Å². The first kappa shape index (κ1) is 12.8. The van der Waals surface area contributed by atoms with Gasteiger partial charge in [0.1, 0.15) is 6.10 Å². The lowest BCUT2D eigenvalue weighted by Gasteiger charge is -2.12. The summed E-state index contributed by atoms with van der Waals surface area (Å²) in [5.41, 5.74) is 2.75. The van der Waals surface area contributed by atoms with Crippen LogP contribution in [-0.4, -0.2) is 10.1 Å². The van der Waals surface area contributed by atoms with Gasteiger partial charge in [0.15, 0.2) is 0 Å². The predicted octanol–water partition coefficient (Wildman–Crippen LogP) is 4.45. The van der Waals surface area contributed by atoms with Gasteiger partial charge in [0.25, 0.3) is 0 Å². The molecule has 2 aromatic heterocycles. The van der Waals surface area contributed by atoms with Crippen LogP contribution in [0.15, 0.2) is 46.3 Å². The Morgan fingerprint density at radius 3 is 2.79 bits per heavy atom. The van der Waals surface area contributed by atoms with Gasteiger partial charge in [-0.2, -0.15) is 0 Å². The van der Waals surface area contributed by atoms with Gasteiger partial charge in [-0.05, 0) is 52.0 Å². The standard InChI is InChI=1S/C15H12BrNOS/c1-9-8-13(14(18)15-11(16)6-7-19-15)17-12-5-3-2-4-10(9)12/h2-8,14,18H,1H3. The molecule has 1 N–H and O–H groups in total. The smallest absolute Gasteiger partial charge is 0.131 e. The fraction of sp³-hybridized carbons (Fsp3) is 0.133. The number of aliphatic hydroxyl groups is 1. The second kappa shape index (κ2) is 5.04. The number of rotatable bonds is 2. The van der Waals surface area contributed by atoms with Crippen molar-refractivity contribution in [2.75, 3.05) is 0 Å². The van der Waals surface area contributed by atoms with E-state index >= 15 is 0 Å². The van der Waals surface area contributed by atoms with E-state index in [4.69, 9.17) is 0 Å². The van der Waals surface area contributed by atoms with E-state index in [1.165, 1.54) is 11.3 Å². The minimum absolute atomic E-state index is 0.683. The van der Waals surface area contributed by atoms with Gasteiger partial charge in [-0.1, -0.05) is 18.2 Å². The maximum atomic E-state index is 10.5. The highest BCUT2D eigenvalue weighted by molar-refractivity contribution is 9.10. The number of aliphatic hydroxyl groups excluding tert-OH is 1. The number of para-hydroxylation sites is 1. The maximum Gasteiger partial charge on any atom is 0.131 e. The van der Waals surface area contributed by atoms with E-state index in [2.05, 4.69) is 27.0 Å². The molecule has 0 spiro atoms. The van der Waals surface area contributed by atoms with Crippen LogP contribution >= 0.6 is 27.3 Å². The third-order valence-electron chi connectivity index (χ3n) is 3.12. The molecule has 3 rings (SSSR count).